The van der Waals surface area contributed by atoms with Gasteiger partial charge in [0.05, 0.1) is 0 Å². The van der Waals surface area contributed by atoms with E-state index in [1.807, 2.05) is 6.07 Å². The predicted molar refractivity (Wildman–Crippen MR) is 64.8 cm³/mol. The Morgan fingerprint density at radius 2 is 1.81 bits per heavy atom. The standard InChI is InChI=1S/C12H14N4/c1-8-3-4-10(7-9(8)2)11-12(16-13)15-6-5-14-11/h3-7H,13H2,1-2H3,(H,15,16). The summed E-state index contributed by atoms with van der Waals surface area (Å²) in [6.07, 6.45) is 3.27. The summed E-state index contributed by atoms with van der Waals surface area (Å²) < 4.78 is 0. The van der Waals surface area contributed by atoms with Crippen LogP contribution in [0.25, 0.3) is 11.3 Å². The molecule has 0 unspecified atom stereocenters. The fraction of sp³-hybridized carbons (Fsp3) is 0.167. The largest absolute Gasteiger partial charge is 0.307 e. The number of aromatic nitrogens is 2. The molecule has 0 atom stereocenters. The van der Waals surface area contributed by atoms with Gasteiger partial charge in [-0.2, -0.15) is 0 Å². The van der Waals surface area contributed by atoms with E-state index in [2.05, 4.69) is 41.4 Å². The Labute approximate surface area is 94.5 Å². The molecule has 0 aliphatic rings. The number of nitrogens with two attached hydrogens (primary N) is 1. The molecule has 2 rings (SSSR count). The van der Waals surface area contributed by atoms with Crippen molar-refractivity contribution in [2.75, 3.05) is 5.43 Å². The third kappa shape index (κ3) is 1.87. The van der Waals surface area contributed by atoms with Crippen molar-refractivity contribution in [2.24, 2.45) is 5.84 Å². The molecule has 0 amide bonds. The number of hydrazine groups is 1. The lowest BCUT2D eigenvalue weighted by Crippen LogP contribution is -2.10. The maximum atomic E-state index is 5.40. The molecule has 0 saturated heterocycles. The van der Waals surface area contributed by atoms with Gasteiger partial charge in [0.2, 0.25) is 0 Å². The summed E-state index contributed by atoms with van der Waals surface area (Å²) in [7, 11) is 0. The molecule has 1 aromatic carbocycles. The van der Waals surface area contributed by atoms with Gasteiger partial charge in [-0.15, -0.1) is 0 Å². The van der Waals surface area contributed by atoms with Gasteiger partial charge in [0.15, 0.2) is 5.82 Å². The number of hydrogen-bond acceptors (Lipinski definition) is 4. The summed E-state index contributed by atoms with van der Waals surface area (Å²) in [6, 6.07) is 6.17. The number of nitrogens with one attached hydrogen (secondary N) is 1. The molecule has 4 heteroatoms. The molecule has 1 aromatic heterocycles. The number of rotatable bonds is 2. The van der Waals surface area contributed by atoms with Crippen LogP contribution in [0, 0.1) is 13.8 Å². The smallest absolute Gasteiger partial charge is 0.166 e. The number of hydrogen-bond donors (Lipinski definition) is 2. The summed E-state index contributed by atoms with van der Waals surface area (Å²) >= 11 is 0. The van der Waals surface area contributed by atoms with Crippen LogP contribution in [0.1, 0.15) is 11.1 Å². The Morgan fingerprint density at radius 1 is 1.06 bits per heavy atom. The maximum absolute atomic E-state index is 5.40. The summed E-state index contributed by atoms with van der Waals surface area (Å²) in [5, 5.41) is 0. The number of anilines is 1. The average molecular weight is 214 g/mol. The molecule has 0 aliphatic carbocycles. The second-order valence-corrected chi connectivity index (χ2v) is 3.70. The van der Waals surface area contributed by atoms with Crippen molar-refractivity contribution in [1.29, 1.82) is 0 Å². The van der Waals surface area contributed by atoms with Crippen LogP contribution in [0.5, 0.6) is 0 Å². The molecule has 4 nitrogen and oxygen atoms in total. The first-order chi connectivity index (χ1) is 7.72. The highest BCUT2D eigenvalue weighted by Crippen LogP contribution is 2.24. The summed E-state index contributed by atoms with van der Waals surface area (Å²) in [4.78, 5) is 8.41. The molecule has 0 saturated carbocycles. The first kappa shape index (κ1) is 10.6. The molecule has 16 heavy (non-hydrogen) atoms. The normalized spacial score (nSPS) is 10.2. The lowest BCUT2D eigenvalue weighted by Gasteiger charge is -2.08. The van der Waals surface area contributed by atoms with Gasteiger partial charge >= 0.3 is 0 Å². The van der Waals surface area contributed by atoms with Crippen LogP contribution in [-0.4, -0.2) is 9.97 Å². The van der Waals surface area contributed by atoms with Gasteiger partial charge in [0.1, 0.15) is 5.69 Å². The van der Waals surface area contributed by atoms with Crippen LogP contribution in [0.4, 0.5) is 5.82 Å². The Kier molecular flexibility index (Phi) is 2.83. The minimum atomic E-state index is 0.589. The van der Waals surface area contributed by atoms with Crippen LogP contribution in [-0.2, 0) is 0 Å². The summed E-state index contributed by atoms with van der Waals surface area (Å²) in [5.41, 5.74) is 6.83. The van der Waals surface area contributed by atoms with Gasteiger partial charge in [-0.3, -0.25) is 4.98 Å². The monoisotopic (exact) mass is 214 g/mol. The molecule has 0 bridgehead atoms. The van der Waals surface area contributed by atoms with Crippen LogP contribution >= 0.6 is 0 Å². The van der Waals surface area contributed by atoms with E-state index in [0.717, 1.165) is 11.3 Å². The van der Waals surface area contributed by atoms with Crippen molar-refractivity contribution in [1.82, 2.24) is 9.97 Å². The second kappa shape index (κ2) is 4.28. The van der Waals surface area contributed by atoms with Crippen molar-refractivity contribution in [2.45, 2.75) is 13.8 Å². The van der Waals surface area contributed by atoms with Crippen molar-refractivity contribution in [3.05, 3.63) is 41.7 Å². The average Bonchev–Trinajstić information content (AvgIpc) is 2.32. The van der Waals surface area contributed by atoms with Crippen molar-refractivity contribution >= 4 is 5.82 Å². The quantitative estimate of drug-likeness (QED) is 0.593. The SMILES string of the molecule is Cc1ccc(-c2nccnc2NN)cc1C. The van der Waals surface area contributed by atoms with Gasteiger partial charge in [0.25, 0.3) is 0 Å². The number of aryl methyl sites for hydroxylation is 2. The van der Waals surface area contributed by atoms with E-state index in [4.69, 9.17) is 5.84 Å². The summed E-state index contributed by atoms with van der Waals surface area (Å²) in [5.74, 6) is 5.99. The van der Waals surface area contributed by atoms with Gasteiger partial charge in [-0.25, -0.2) is 10.8 Å². The zero-order chi connectivity index (χ0) is 11.5. The maximum Gasteiger partial charge on any atom is 0.166 e. The van der Waals surface area contributed by atoms with Crippen molar-refractivity contribution in [3.8, 4) is 11.3 Å². The minimum Gasteiger partial charge on any atom is -0.307 e. The van der Waals surface area contributed by atoms with Gasteiger partial charge < -0.3 is 5.43 Å². The molecule has 0 aliphatic heterocycles. The Bertz CT molecular complexity index is 508. The van der Waals surface area contributed by atoms with Gasteiger partial charge in [-0.1, -0.05) is 12.1 Å². The van der Waals surface area contributed by atoms with Crippen molar-refractivity contribution in [3.63, 3.8) is 0 Å². The number of nitrogens with zero attached hydrogens (tertiary/aromatic N) is 2. The van der Waals surface area contributed by atoms with E-state index in [9.17, 15) is 0 Å². The molecular formula is C12H14N4. The van der Waals surface area contributed by atoms with E-state index in [1.165, 1.54) is 11.1 Å². The topological polar surface area (TPSA) is 63.8 Å². The third-order valence-corrected chi connectivity index (χ3v) is 2.62. The highest BCUT2D eigenvalue weighted by molar-refractivity contribution is 5.71. The van der Waals surface area contributed by atoms with E-state index in [0.29, 0.717) is 5.82 Å². The lowest BCUT2D eigenvalue weighted by molar-refractivity contribution is 1.16. The van der Waals surface area contributed by atoms with Crippen LogP contribution in [0.3, 0.4) is 0 Å². The van der Waals surface area contributed by atoms with Crippen molar-refractivity contribution < 1.29 is 0 Å². The molecule has 0 fully saturated rings. The predicted octanol–water partition coefficient (Wildman–Crippen LogP) is 2.05. The first-order valence-electron chi connectivity index (χ1n) is 5.07. The van der Waals surface area contributed by atoms with E-state index >= 15 is 0 Å². The molecule has 82 valence electrons. The van der Waals surface area contributed by atoms with Gasteiger partial charge in [0, 0.05) is 18.0 Å². The Hall–Kier alpha value is -1.94. The van der Waals surface area contributed by atoms with E-state index < -0.39 is 0 Å². The third-order valence-electron chi connectivity index (χ3n) is 2.62. The summed E-state index contributed by atoms with van der Waals surface area (Å²) in [6.45, 7) is 4.16. The molecule has 3 N–H and O–H groups in total. The second-order valence-electron chi connectivity index (χ2n) is 3.70. The number of benzene rings is 1. The highest BCUT2D eigenvalue weighted by atomic mass is 15.3. The number of nitrogen functional groups attached to an aromatic ring is 1. The Balaban J connectivity index is 2.54. The highest BCUT2D eigenvalue weighted by Gasteiger charge is 2.07. The van der Waals surface area contributed by atoms with Crippen LogP contribution in [0.15, 0.2) is 30.6 Å². The first-order valence-corrected chi connectivity index (χ1v) is 5.07. The molecule has 0 spiro atoms. The van der Waals surface area contributed by atoms with Crippen LogP contribution in [0.2, 0.25) is 0 Å². The fourth-order valence-corrected chi connectivity index (χ4v) is 1.54. The Morgan fingerprint density at radius 3 is 2.50 bits per heavy atom. The zero-order valence-electron chi connectivity index (χ0n) is 9.36. The minimum absolute atomic E-state index is 0.589. The molecule has 0 radical (unpaired) electrons. The lowest BCUT2D eigenvalue weighted by atomic mass is 10.0. The van der Waals surface area contributed by atoms with E-state index in [1.54, 1.807) is 12.4 Å². The fourth-order valence-electron chi connectivity index (χ4n) is 1.54. The zero-order valence-corrected chi connectivity index (χ0v) is 9.36. The molecular weight excluding hydrogens is 200 g/mol. The van der Waals surface area contributed by atoms with Crippen LogP contribution < -0.4 is 11.3 Å². The molecule has 1 heterocycles. The molecule has 2 aromatic rings. The van der Waals surface area contributed by atoms with Gasteiger partial charge in [-0.05, 0) is 31.0 Å². The van der Waals surface area contributed by atoms with E-state index in [-0.39, 0.29) is 0 Å².